The molecule has 16 heavy (non-hydrogen) atoms. The molecule has 0 aliphatic heterocycles. The van der Waals surface area contributed by atoms with Crippen molar-refractivity contribution in [2.45, 2.75) is 33.2 Å². The predicted octanol–water partition coefficient (Wildman–Crippen LogP) is 1.75. The Kier molecular flexibility index (Phi) is 4.55. The van der Waals surface area contributed by atoms with Gasteiger partial charge in [0.15, 0.2) is 0 Å². The molecule has 0 fully saturated rings. The van der Waals surface area contributed by atoms with Crippen LogP contribution < -0.4 is 11.1 Å². The lowest BCUT2D eigenvalue weighted by Gasteiger charge is -2.13. The van der Waals surface area contributed by atoms with Crippen molar-refractivity contribution in [2.24, 2.45) is 11.7 Å². The van der Waals surface area contributed by atoms with Gasteiger partial charge in [0.05, 0.1) is 6.04 Å². The Morgan fingerprint density at radius 2 is 2.19 bits per heavy atom. The van der Waals surface area contributed by atoms with E-state index in [2.05, 4.69) is 5.32 Å². The summed E-state index contributed by atoms with van der Waals surface area (Å²) >= 11 is 0. The van der Waals surface area contributed by atoms with Gasteiger partial charge >= 0.3 is 0 Å². The van der Waals surface area contributed by atoms with Crippen molar-refractivity contribution in [2.75, 3.05) is 6.54 Å². The van der Waals surface area contributed by atoms with E-state index in [-0.39, 0.29) is 17.9 Å². The molecule has 1 aromatic heterocycles. The van der Waals surface area contributed by atoms with Crippen molar-refractivity contribution in [3.05, 3.63) is 23.7 Å². The molecule has 0 aliphatic carbocycles. The summed E-state index contributed by atoms with van der Waals surface area (Å²) in [4.78, 5) is 11.6. The third kappa shape index (κ3) is 3.70. The number of carbonyl (C=O) groups is 1. The van der Waals surface area contributed by atoms with E-state index in [1.807, 2.05) is 32.9 Å². The van der Waals surface area contributed by atoms with Crippen LogP contribution in [-0.2, 0) is 4.79 Å². The second kappa shape index (κ2) is 5.70. The molecular weight excluding hydrogens is 204 g/mol. The number of rotatable bonds is 5. The van der Waals surface area contributed by atoms with Crippen molar-refractivity contribution >= 4 is 5.91 Å². The van der Waals surface area contributed by atoms with Gasteiger partial charge in [0.25, 0.3) is 0 Å². The summed E-state index contributed by atoms with van der Waals surface area (Å²) in [5.74, 6) is 1.86. The first-order valence-corrected chi connectivity index (χ1v) is 5.58. The van der Waals surface area contributed by atoms with E-state index in [9.17, 15) is 4.79 Å². The highest BCUT2D eigenvalue weighted by Crippen LogP contribution is 2.15. The van der Waals surface area contributed by atoms with Crippen LogP contribution in [0.25, 0.3) is 0 Å². The molecule has 2 atom stereocenters. The van der Waals surface area contributed by atoms with Crippen LogP contribution in [0.5, 0.6) is 0 Å². The first-order chi connectivity index (χ1) is 7.52. The number of furan rings is 1. The third-order valence-corrected chi connectivity index (χ3v) is 2.50. The molecule has 1 heterocycles. The molecule has 0 radical (unpaired) electrons. The highest BCUT2D eigenvalue weighted by molar-refractivity contribution is 5.76. The molecule has 0 aromatic carbocycles. The second-order valence-electron chi connectivity index (χ2n) is 4.28. The van der Waals surface area contributed by atoms with Gasteiger partial charge in [-0.15, -0.1) is 0 Å². The maximum Gasteiger partial charge on any atom is 0.220 e. The molecule has 4 heteroatoms. The molecule has 1 aromatic rings. The van der Waals surface area contributed by atoms with E-state index in [0.717, 1.165) is 11.5 Å². The van der Waals surface area contributed by atoms with Crippen LogP contribution in [0.1, 0.15) is 37.8 Å². The summed E-state index contributed by atoms with van der Waals surface area (Å²) in [6.45, 7) is 6.28. The largest absolute Gasteiger partial charge is 0.464 e. The summed E-state index contributed by atoms with van der Waals surface area (Å²) in [6, 6.07) is 3.68. The van der Waals surface area contributed by atoms with Crippen LogP contribution in [-0.4, -0.2) is 12.5 Å². The van der Waals surface area contributed by atoms with E-state index in [4.69, 9.17) is 10.2 Å². The Morgan fingerprint density at radius 1 is 1.50 bits per heavy atom. The number of nitrogens with one attached hydrogen (secondary N) is 1. The minimum absolute atomic E-state index is 0.0134. The van der Waals surface area contributed by atoms with Gasteiger partial charge in [-0.1, -0.05) is 6.92 Å². The van der Waals surface area contributed by atoms with Gasteiger partial charge in [-0.3, -0.25) is 4.79 Å². The lowest BCUT2D eigenvalue weighted by molar-refractivity contribution is -0.122. The Balaban J connectivity index is 2.45. The predicted molar refractivity (Wildman–Crippen MR) is 62.8 cm³/mol. The van der Waals surface area contributed by atoms with Gasteiger partial charge in [0.2, 0.25) is 5.91 Å². The lowest BCUT2D eigenvalue weighted by atomic mass is 10.1. The van der Waals surface area contributed by atoms with E-state index in [1.54, 1.807) is 0 Å². The first-order valence-electron chi connectivity index (χ1n) is 5.58. The Bertz CT molecular complexity index is 347. The molecular formula is C12H20N2O2. The fourth-order valence-electron chi connectivity index (χ4n) is 1.46. The zero-order valence-electron chi connectivity index (χ0n) is 10.1. The fourth-order valence-corrected chi connectivity index (χ4v) is 1.46. The normalized spacial score (nSPS) is 14.5. The van der Waals surface area contributed by atoms with Crippen LogP contribution in [0.2, 0.25) is 0 Å². The van der Waals surface area contributed by atoms with E-state index >= 15 is 0 Å². The smallest absolute Gasteiger partial charge is 0.220 e. The highest BCUT2D eigenvalue weighted by atomic mass is 16.3. The molecule has 2 unspecified atom stereocenters. The van der Waals surface area contributed by atoms with Crippen LogP contribution >= 0.6 is 0 Å². The van der Waals surface area contributed by atoms with Crippen molar-refractivity contribution in [3.8, 4) is 0 Å². The number of hydrogen-bond acceptors (Lipinski definition) is 3. The van der Waals surface area contributed by atoms with Crippen molar-refractivity contribution in [1.82, 2.24) is 5.32 Å². The molecule has 0 saturated heterocycles. The molecule has 4 nitrogen and oxygen atoms in total. The van der Waals surface area contributed by atoms with Crippen LogP contribution in [0.15, 0.2) is 16.5 Å². The summed E-state index contributed by atoms with van der Waals surface area (Å²) in [5, 5.41) is 2.89. The van der Waals surface area contributed by atoms with Crippen molar-refractivity contribution in [3.63, 3.8) is 0 Å². The average Bonchev–Trinajstić information content (AvgIpc) is 2.64. The van der Waals surface area contributed by atoms with E-state index < -0.39 is 0 Å². The number of hydrogen-bond donors (Lipinski definition) is 2. The summed E-state index contributed by atoms with van der Waals surface area (Å²) < 4.78 is 5.44. The van der Waals surface area contributed by atoms with Gasteiger partial charge in [-0.25, -0.2) is 0 Å². The SMILES string of the molecule is Cc1ccc(C(C)NC(=O)CC(C)CN)o1. The van der Waals surface area contributed by atoms with Crippen LogP contribution in [0.3, 0.4) is 0 Å². The third-order valence-electron chi connectivity index (χ3n) is 2.50. The molecule has 0 saturated carbocycles. The van der Waals surface area contributed by atoms with Crippen LogP contribution in [0.4, 0.5) is 0 Å². The van der Waals surface area contributed by atoms with Gasteiger partial charge in [0.1, 0.15) is 11.5 Å². The van der Waals surface area contributed by atoms with Gasteiger partial charge in [-0.2, -0.15) is 0 Å². The maximum absolute atomic E-state index is 11.6. The average molecular weight is 224 g/mol. The summed E-state index contributed by atoms with van der Waals surface area (Å²) in [6.07, 6.45) is 0.459. The minimum Gasteiger partial charge on any atom is -0.464 e. The zero-order chi connectivity index (χ0) is 12.1. The first kappa shape index (κ1) is 12.8. The Morgan fingerprint density at radius 3 is 2.69 bits per heavy atom. The van der Waals surface area contributed by atoms with Crippen molar-refractivity contribution < 1.29 is 9.21 Å². The quantitative estimate of drug-likeness (QED) is 0.800. The number of aryl methyl sites for hydroxylation is 1. The molecule has 0 aliphatic rings. The molecule has 3 N–H and O–H groups in total. The summed E-state index contributed by atoms with van der Waals surface area (Å²) in [5.41, 5.74) is 5.47. The Hall–Kier alpha value is -1.29. The fraction of sp³-hybridized carbons (Fsp3) is 0.583. The van der Waals surface area contributed by atoms with Crippen molar-refractivity contribution in [1.29, 1.82) is 0 Å². The molecule has 0 spiro atoms. The van der Waals surface area contributed by atoms with E-state index in [1.165, 1.54) is 0 Å². The maximum atomic E-state index is 11.6. The molecule has 90 valence electrons. The highest BCUT2D eigenvalue weighted by Gasteiger charge is 2.14. The molecule has 1 amide bonds. The number of carbonyl (C=O) groups excluding carboxylic acids is 1. The summed E-state index contributed by atoms with van der Waals surface area (Å²) in [7, 11) is 0. The van der Waals surface area contributed by atoms with Gasteiger partial charge in [0, 0.05) is 6.42 Å². The molecule has 0 bridgehead atoms. The topological polar surface area (TPSA) is 68.3 Å². The van der Waals surface area contributed by atoms with Gasteiger partial charge in [-0.05, 0) is 38.4 Å². The van der Waals surface area contributed by atoms with E-state index in [0.29, 0.717) is 13.0 Å². The monoisotopic (exact) mass is 224 g/mol. The Labute approximate surface area is 96.2 Å². The second-order valence-corrected chi connectivity index (χ2v) is 4.28. The van der Waals surface area contributed by atoms with Crippen LogP contribution in [0, 0.1) is 12.8 Å². The standard InChI is InChI=1S/C12H20N2O2/c1-8(7-13)6-12(15)14-10(3)11-5-4-9(2)16-11/h4-5,8,10H,6-7,13H2,1-3H3,(H,14,15). The number of nitrogens with two attached hydrogens (primary N) is 1. The molecule has 1 rings (SSSR count). The lowest BCUT2D eigenvalue weighted by Crippen LogP contribution is -2.29. The number of amides is 1. The minimum atomic E-state index is -0.0915. The van der Waals surface area contributed by atoms with Gasteiger partial charge < -0.3 is 15.5 Å². The zero-order valence-corrected chi connectivity index (χ0v) is 10.1.